The summed E-state index contributed by atoms with van der Waals surface area (Å²) >= 11 is 0. The Morgan fingerprint density at radius 1 is 1.12 bits per heavy atom. The molecule has 0 amide bonds. The van der Waals surface area contributed by atoms with E-state index >= 15 is 0 Å². The predicted octanol–water partition coefficient (Wildman–Crippen LogP) is 3.87. The van der Waals surface area contributed by atoms with Gasteiger partial charge >= 0.3 is 5.97 Å². The topological polar surface area (TPSA) is 59.0 Å². The SMILES string of the molecule is COc1ccc([C@H](O)[C@H](C)C(=O)ON2C(C)(C)CCCC2(C)C)cc1. The summed E-state index contributed by atoms with van der Waals surface area (Å²) in [7, 11) is 1.59. The standard InChI is InChI=1S/C20H31NO4/c1-14(17(22)15-8-10-16(24-6)11-9-15)18(23)25-21-19(2,3)12-7-13-20(21,4)5/h8-11,14,17,22H,7,12-13H2,1-6H3/t14-,17+/m0/s1. The molecule has 5 heteroatoms. The number of hydrogen-bond acceptors (Lipinski definition) is 5. The van der Waals surface area contributed by atoms with Crippen molar-refractivity contribution in [3.8, 4) is 5.75 Å². The van der Waals surface area contributed by atoms with Crippen molar-refractivity contribution in [2.75, 3.05) is 7.11 Å². The zero-order chi connectivity index (χ0) is 18.8. The van der Waals surface area contributed by atoms with E-state index in [0.29, 0.717) is 11.3 Å². The van der Waals surface area contributed by atoms with Gasteiger partial charge in [-0.1, -0.05) is 12.1 Å². The quantitative estimate of drug-likeness (QED) is 0.874. The molecule has 5 nitrogen and oxygen atoms in total. The van der Waals surface area contributed by atoms with Crippen LogP contribution in [0, 0.1) is 5.92 Å². The van der Waals surface area contributed by atoms with Crippen LogP contribution in [0.4, 0.5) is 0 Å². The molecule has 1 fully saturated rings. The van der Waals surface area contributed by atoms with Crippen LogP contribution in [0.2, 0.25) is 0 Å². The van der Waals surface area contributed by atoms with Gasteiger partial charge in [0.2, 0.25) is 0 Å². The Bertz CT molecular complexity index is 578. The molecule has 2 atom stereocenters. The number of ether oxygens (including phenoxy) is 1. The average Bonchev–Trinajstić information content (AvgIpc) is 2.56. The third kappa shape index (κ3) is 4.33. The number of benzene rings is 1. The van der Waals surface area contributed by atoms with E-state index in [1.54, 1.807) is 38.3 Å². The summed E-state index contributed by atoms with van der Waals surface area (Å²) in [5.41, 5.74) is 0.229. The van der Waals surface area contributed by atoms with Crippen LogP contribution < -0.4 is 4.74 Å². The largest absolute Gasteiger partial charge is 0.497 e. The first kappa shape index (κ1) is 19.7. The molecule has 0 aromatic heterocycles. The number of carbonyl (C=O) groups is 1. The number of hydrogen-bond donors (Lipinski definition) is 1. The Hall–Kier alpha value is -1.59. The van der Waals surface area contributed by atoms with Gasteiger partial charge in [0.15, 0.2) is 0 Å². The Morgan fingerprint density at radius 3 is 2.12 bits per heavy atom. The van der Waals surface area contributed by atoms with E-state index in [9.17, 15) is 9.90 Å². The van der Waals surface area contributed by atoms with Gasteiger partial charge in [0.1, 0.15) is 5.75 Å². The van der Waals surface area contributed by atoms with Gasteiger partial charge < -0.3 is 14.7 Å². The molecule has 0 unspecified atom stereocenters. The van der Waals surface area contributed by atoms with Crippen molar-refractivity contribution in [3.63, 3.8) is 0 Å². The highest BCUT2D eigenvalue weighted by Crippen LogP contribution is 2.39. The number of nitrogens with zero attached hydrogens (tertiary/aromatic N) is 1. The number of piperidine rings is 1. The van der Waals surface area contributed by atoms with Crippen molar-refractivity contribution < 1.29 is 19.5 Å². The molecule has 25 heavy (non-hydrogen) atoms. The second-order valence-corrected chi connectivity index (χ2v) is 8.19. The average molecular weight is 349 g/mol. The van der Waals surface area contributed by atoms with Crippen molar-refractivity contribution in [2.24, 2.45) is 5.92 Å². The summed E-state index contributed by atoms with van der Waals surface area (Å²) in [6, 6.07) is 7.07. The van der Waals surface area contributed by atoms with Crippen molar-refractivity contribution in [3.05, 3.63) is 29.8 Å². The van der Waals surface area contributed by atoms with Crippen molar-refractivity contribution in [2.45, 2.75) is 71.1 Å². The molecule has 0 spiro atoms. The lowest BCUT2D eigenvalue weighted by atomic mass is 9.82. The molecule has 140 valence electrons. The van der Waals surface area contributed by atoms with Crippen LogP contribution in [0.1, 0.15) is 65.5 Å². The molecule has 1 saturated heterocycles. The lowest BCUT2D eigenvalue weighted by Crippen LogP contribution is -2.59. The van der Waals surface area contributed by atoms with E-state index in [-0.39, 0.29) is 11.1 Å². The van der Waals surface area contributed by atoms with E-state index in [2.05, 4.69) is 27.7 Å². The highest BCUT2D eigenvalue weighted by Gasteiger charge is 2.45. The molecule has 0 saturated carbocycles. The summed E-state index contributed by atoms with van der Waals surface area (Å²) in [6.07, 6.45) is 2.13. The number of aliphatic hydroxyl groups excluding tert-OH is 1. The smallest absolute Gasteiger partial charge is 0.330 e. The molecule has 1 aliphatic heterocycles. The van der Waals surface area contributed by atoms with Crippen molar-refractivity contribution in [1.82, 2.24) is 5.06 Å². The molecule has 1 heterocycles. The third-order valence-corrected chi connectivity index (χ3v) is 5.16. The first-order valence-corrected chi connectivity index (χ1v) is 8.93. The highest BCUT2D eigenvalue weighted by atomic mass is 16.7. The summed E-state index contributed by atoms with van der Waals surface area (Å²) < 4.78 is 5.12. The Kier molecular flexibility index (Phi) is 5.79. The molecule has 1 aromatic rings. The summed E-state index contributed by atoms with van der Waals surface area (Å²) in [5, 5.41) is 12.4. The van der Waals surface area contributed by atoms with Crippen molar-refractivity contribution in [1.29, 1.82) is 0 Å². The fraction of sp³-hybridized carbons (Fsp3) is 0.650. The Morgan fingerprint density at radius 2 is 1.64 bits per heavy atom. The molecule has 0 radical (unpaired) electrons. The minimum atomic E-state index is -0.922. The molecular weight excluding hydrogens is 318 g/mol. The Balaban J connectivity index is 2.10. The number of rotatable bonds is 5. The van der Waals surface area contributed by atoms with E-state index < -0.39 is 18.0 Å². The molecule has 1 aromatic carbocycles. The monoisotopic (exact) mass is 349 g/mol. The van der Waals surface area contributed by atoms with Gasteiger partial charge in [0.25, 0.3) is 0 Å². The van der Waals surface area contributed by atoms with Crippen LogP contribution in [-0.4, -0.2) is 34.3 Å². The maximum Gasteiger partial charge on any atom is 0.330 e. The summed E-state index contributed by atoms with van der Waals surface area (Å²) in [5.74, 6) is -0.365. The summed E-state index contributed by atoms with van der Waals surface area (Å²) in [4.78, 5) is 18.5. The van der Waals surface area contributed by atoms with Gasteiger partial charge in [-0.3, -0.25) is 0 Å². The van der Waals surface area contributed by atoms with Crippen LogP contribution >= 0.6 is 0 Å². The van der Waals surface area contributed by atoms with E-state index in [1.807, 2.05) is 5.06 Å². The second-order valence-electron chi connectivity index (χ2n) is 8.19. The number of aliphatic hydroxyl groups is 1. The summed E-state index contributed by atoms with van der Waals surface area (Å²) in [6.45, 7) is 10.1. The normalized spacial score (nSPS) is 22.0. The van der Waals surface area contributed by atoms with Crippen LogP contribution in [0.25, 0.3) is 0 Å². The molecular formula is C20H31NO4. The third-order valence-electron chi connectivity index (χ3n) is 5.16. The molecule has 0 bridgehead atoms. The zero-order valence-electron chi connectivity index (χ0n) is 16.2. The fourth-order valence-corrected chi connectivity index (χ4v) is 3.61. The molecule has 1 aliphatic rings. The number of methoxy groups -OCH3 is 1. The van der Waals surface area contributed by atoms with Crippen molar-refractivity contribution >= 4 is 5.97 Å². The van der Waals surface area contributed by atoms with E-state index in [4.69, 9.17) is 9.57 Å². The lowest BCUT2D eigenvalue weighted by molar-refractivity contribution is -0.270. The molecule has 0 aliphatic carbocycles. The first-order chi connectivity index (χ1) is 11.6. The number of carbonyl (C=O) groups excluding carboxylic acids is 1. The van der Waals surface area contributed by atoms with Gasteiger partial charge in [0.05, 0.1) is 30.2 Å². The van der Waals surface area contributed by atoms with Crippen LogP contribution in [-0.2, 0) is 9.63 Å². The van der Waals surface area contributed by atoms with Crippen LogP contribution in [0.3, 0.4) is 0 Å². The lowest BCUT2D eigenvalue weighted by Gasteiger charge is -2.50. The van der Waals surface area contributed by atoms with Gasteiger partial charge in [-0.2, -0.15) is 0 Å². The highest BCUT2D eigenvalue weighted by molar-refractivity contribution is 5.72. The van der Waals surface area contributed by atoms with Gasteiger partial charge in [0, 0.05) is 0 Å². The zero-order valence-corrected chi connectivity index (χ0v) is 16.2. The van der Waals surface area contributed by atoms with Gasteiger partial charge in [-0.05, 0) is 71.6 Å². The van der Waals surface area contributed by atoms with E-state index in [1.165, 1.54) is 0 Å². The number of hydroxylamine groups is 2. The van der Waals surface area contributed by atoms with Gasteiger partial charge in [-0.15, -0.1) is 5.06 Å². The van der Waals surface area contributed by atoms with E-state index in [0.717, 1.165) is 19.3 Å². The first-order valence-electron chi connectivity index (χ1n) is 8.93. The minimum Gasteiger partial charge on any atom is -0.497 e. The fourth-order valence-electron chi connectivity index (χ4n) is 3.61. The van der Waals surface area contributed by atoms with Gasteiger partial charge in [-0.25, -0.2) is 4.79 Å². The second kappa shape index (κ2) is 7.34. The van der Waals surface area contributed by atoms with Crippen LogP contribution in [0.5, 0.6) is 5.75 Å². The molecule has 1 N–H and O–H groups in total. The van der Waals surface area contributed by atoms with Crippen LogP contribution in [0.15, 0.2) is 24.3 Å². The predicted molar refractivity (Wildman–Crippen MR) is 97.1 cm³/mol. The minimum absolute atomic E-state index is 0.220. The Labute approximate surface area is 150 Å². The maximum absolute atomic E-state index is 12.7. The maximum atomic E-state index is 12.7. The molecule has 2 rings (SSSR count).